The molecule has 1 unspecified atom stereocenters. The van der Waals surface area contributed by atoms with Crippen LogP contribution < -0.4 is 5.56 Å². The molecule has 0 spiro atoms. The zero-order valence-corrected chi connectivity index (χ0v) is 12.2. The number of amides is 1. The molecule has 2 heterocycles. The maximum atomic E-state index is 12.3. The van der Waals surface area contributed by atoms with Crippen molar-refractivity contribution in [3.8, 4) is 0 Å². The van der Waals surface area contributed by atoms with Gasteiger partial charge in [-0.3, -0.25) is 14.4 Å². The third-order valence-corrected chi connectivity index (χ3v) is 4.19. The zero-order valence-electron chi connectivity index (χ0n) is 12.2. The Morgan fingerprint density at radius 1 is 1.32 bits per heavy atom. The van der Waals surface area contributed by atoms with Crippen LogP contribution in [-0.2, 0) is 4.79 Å². The Balaban J connectivity index is 1.72. The molecule has 1 aromatic rings. The van der Waals surface area contributed by atoms with E-state index in [1.807, 2.05) is 0 Å². The second kappa shape index (κ2) is 5.96. The number of aromatic amines is 1. The highest BCUT2D eigenvalue weighted by atomic mass is 16.5. The molecule has 8 nitrogen and oxygen atoms in total. The summed E-state index contributed by atoms with van der Waals surface area (Å²) in [5, 5.41) is 11.4. The van der Waals surface area contributed by atoms with E-state index in [1.54, 1.807) is 0 Å². The summed E-state index contributed by atoms with van der Waals surface area (Å²) in [6, 6.07) is 1.09. The minimum absolute atomic E-state index is 0.0789. The molecule has 2 N–H and O–H groups in total. The Bertz CT molecular complexity index is 618. The summed E-state index contributed by atoms with van der Waals surface area (Å²) < 4.78 is 4.83. The summed E-state index contributed by atoms with van der Waals surface area (Å²) in [6.45, 7) is 2.55. The number of carbonyl (C=O) groups excluding carboxylic acids is 1. The Kier molecular flexibility index (Phi) is 4.02. The summed E-state index contributed by atoms with van der Waals surface area (Å²) in [5.74, 6) is -1.39. The molecule has 1 saturated heterocycles. The van der Waals surface area contributed by atoms with Crippen LogP contribution in [0.2, 0.25) is 0 Å². The molecule has 1 aliphatic carbocycles. The fourth-order valence-corrected chi connectivity index (χ4v) is 2.80. The lowest BCUT2D eigenvalue weighted by Crippen LogP contribution is -2.38. The summed E-state index contributed by atoms with van der Waals surface area (Å²) in [7, 11) is 0. The molecule has 0 radical (unpaired) electrons. The second-order valence-electron chi connectivity index (χ2n) is 6.07. The predicted octanol–water partition coefficient (Wildman–Crippen LogP) is -0.163. The van der Waals surface area contributed by atoms with Crippen molar-refractivity contribution in [2.75, 3.05) is 32.7 Å². The Hall–Kier alpha value is -2.09. The van der Waals surface area contributed by atoms with E-state index >= 15 is 0 Å². The van der Waals surface area contributed by atoms with Gasteiger partial charge in [0.25, 0.3) is 11.5 Å². The SMILES string of the molecule is O=C(O)C1CN(CC2CC2)CCN(C(=O)c2cc(=O)[nH]o2)C1. The van der Waals surface area contributed by atoms with Crippen molar-refractivity contribution < 1.29 is 19.2 Å². The molecule has 22 heavy (non-hydrogen) atoms. The molecule has 0 aromatic carbocycles. The lowest BCUT2D eigenvalue weighted by Gasteiger charge is -2.21. The number of nitrogens with one attached hydrogen (secondary N) is 1. The van der Waals surface area contributed by atoms with Crippen LogP contribution >= 0.6 is 0 Å². The van der Waals surface area contributed by atoms with E-state index in [0.717, 1.165) is 12.6 Å². The number of H-pyrrole nitrogens is 1. The van der Waals surface area contributed by atoms with E-state index in [0.29, 0.717) is 25.6 Å². The van der Waals surface area contributed by atoms with Gasteiger partial charge in [0.05, 0.1) is 12.0 Å². The topological polar surface area (TPSA) is 107 Å². The number of carboxylic acids is 1. The lowest BCUT2D eigenvalue weighted by molar-refractivity contribution is -0.142. The van der Waals surface area contributed by atoms with Gasteiger partial charge in [-0.1, -0.05) is 0 Å². The quantitative estimate of drug-likeness (QED) is 0.800. The molecule has 1 amide bonds. The van der Waals surface area contributed by atoms with Gasteiger partial charge in [0.1, 0.15) is 0 Å². The van der Waals surface area contributed by atoms with E-state index in [4.69, 9.17) is 4.52 Å². The van der Waals surface area contributed by atoms with Gasteiger partial charge in [-0.05, 0) is 18.8 Å². The summed E-state index contributed by atoms with van der Waals surface area (Å²) in [5.41, 5.74) is -0.483. The first-order valence-electron chi connectivity index (χ1n) is 7.46. The second-order valence-corrected chi connectivity index (χ2v) is 6.07. The minimum Gasteiger partial charge on any atom is -0.481 e. The first-order chi connectivity index (χ1) is 10.5. The van der Waals surface area contributed by atoms with E-state index < -0.39 is 23.4 Å². The van der Waals surface area contributed by atoms with Gasteiger partial charge in [0.15, 0.2) is 0 Å². The number of carbonyl (C=O) groups is 2. The molecule has 3 rings (SSSR count). The molecule has 120 valence electrons. The smallest absolute Gasteiger partial charge is 0.309 e. The van der Waals surface area contributed by atoms with Gasteiger partial charge in [-0.15, -0.1) is 0 Å². The maximum Gasteiger partial charge on any atom is 0.309 e. The molecule has 0 bridgehead atoms. The Morgan fingerprint density at radius 3 is 2.68 bits per heavy atom. The first-order valence-corrected chi connectivity index (χ1v) is 7.46. The summed E-state index contributed by atoms with van der Waals surface area (Å²) in [6.07, 6.45) is 2.40. The van der Waals surface area contributed by atoms with Crippen LogP contribution in [0.15, 0.2) is 15.4 Å². The molecule has 2 fully saturated rings. The van der Waals surface area contributed by atoms with Crippen LogP contribution in [0.3, 0.4) is 0 Å². The fraction of sp³-hybridized carbons (Fsp3) is 0.643. The fourth-order valence-electron chi connectivity index (χ4n) is 2.80. The van der Waals surface area contributed by atoms with Gasteiger partial charge in [0.2, 0.25) is 5.76 Å². The van der Waals surface area contributed by atoms with E-state index in [-0.39, 0.29) is 12.3 Å². The normalized spacial score (nSPS) is 23.3. The van der Waals surface area contributed by atoms with E-state index in [9.17, 15) is 19.5 Å². The summed E-state index contributed by atoms with van der Waals surface area (Å²) in [4.78, 5) is 38.4. The lowest BCUT2D eigenvalue weighted by atomic mass is 10.1. The highest BCUT2D eigenvalue weighted by Crippen LogP contribution is 2.30. The monoisotopic (exact) mass is 309 g/mol. The maximum absolute atomic E-state index is 12.3. The Labute approximate surface area is 126 Å². The predicted molar refractivity (Wildman–Crippen MR) is 75.5 cm³/mol. The third-order valence-electron chi connectivity index (χ3n) is 4.19. The van der Waals surface area contributed by atoms with Crippen LogP contribution in [0.25, 0.3) is 0 Å². The van der Waals surface area contributed by atoms with E-state index in [2.05, 4.69) is 10.1 Å². The van der Waals surface area contributed by atoms with Crippen LogP contribution in [-0.4, -0.2) is 64.7 Å². The first kappa shape index (κ1) is 14.8. The average Bonchev–Trinajstić information content (AvgIpc) is 3.23. The number of nitrogens with zero attached hydrogens (tertiary/aromatic N) is 2. The van der Waals surface area contributed by atoms with E-state index in [1.165, 1.54) is 17.7 Å². The molecule has 8 heteroatoms. The van der Waals surface area contributed by atoms with Crippen molar-refractivity contribution in [3.63, 3.8) is 0 Å². The highest BCUT2D eigenvalue weighted by molar-refractivity contribution is 5.91. The van der Waals surface area contributed by atoms with Crippen molar-refractivity contribution in [1.29, 1.82) is 0 Å². The summed E-state index contributed by atoms with van der Waals surface area (Å²) >= 11 is 0. The van der Waals surface area contributed by atoms with Crippen LogP contribution in [0.4, 0.5) is 0 Å². The number of hydrogen-bond acceptors (Lipinski definition) is 5. The minimum atomic E-state index is -0.906. The van der Waals surface area contributed by atoms with Gasteiger partial charge >= 0.3 is 5.97 Å². The molecule has 2 aliphatic rings. The number of carboxylic acid groups (broad SMARTS) is 1. The average molecular weight is 309 g/mol. The largest absolute Gasteiger partial charge is 0.481 e. The van der Waals surface area contributed by atoms with Gasteiger partial charge < -0.3 is 19.4 Å². The molecule has 1 aromatic heterocycles. The number of aromatic nitrogens is 1. The number of hydrogen-bond donors (Lipinski definition) is 2. The standard InChI is InChI=1S/C14H19N3O5/c18-12-5-11(22-15-12)13(19)17-4-3-16(6-9-1-2-9)7-10(8-17)14(20)21/h5,9-10H,1-4,6-8H2,(H,15,18)(H,20,21). The third kappa shape index (κ3) is 3.38. The van der Waals surface area contributed by atoms with Gasteiger partial charge in [0, 0.05) is 32.7 Å². The molecule has 1 aliphatic heterocycles. The Morgan fingerprint density at radius 2 is 2.09 bits per heavy atom. The molecule has 1 saturated carbocycles. The molecular formula is C14H19N3O5. The zero-order chi connectivity index (χ0) is 15.7. The van der Waals surface area contributed by atoms with Gasteiger partial charge in [-0.25, -0.2) is 0 Å². The highest BCUT2D eigenvalue weighted by Gasteiger charge is 2.33. The van der Waals surface area contributed by atoms with Crippen LogP contribution in [0.5, 0.6) is 0 Å². The number of aliphatic carboxylic acids is 1. The van der Waals surface area contributed by atoms with Crippen molar-refractivity contribution in [3.05, 3.63) is 22.2 Å². The van der Waals surface area contributed by atoms with Crippen molar-refractivity contribution >= 4 is 11.9 Å². The molecular weight excluding hydrogens is 290 g/mol. The van der Waals surface area contributed by atoms with Gasteiger partial charge in [-0.2, -0.15) is 5.16 Å². The van der Waals surface area contributed by atoms with Crippen molar-refractivity contribution in [1.82, 2.24) is 15.0 Å². The molecule has 1 atom stereocenters. The van der Waals surface area contributed by atoms with Crippen LogP contribution in [0, 0.1) is 11.8 Å². The van der Waals surface area contributed by atoms with Crippen LogP contribution in [0.1, 0.15) is 23.4 Å². The van der Waals surface area contributed by atoms with Crippen molar-refractivity contribution in [2.45, 2.75) is 12.8 Å². The number of rotatable bonds is 4. The van der Waals surface area contributed by atoms with Crippen molar-refractivity contribution in [2.24, 2.45) is 11.8 Å².